The second-order valence-corrected chi connectivity index (χ2v) is 8.64. The van der Waals surface area contributed by atoms with Gasteiger partial charge in [0.25, 0.3) is 5.91 Å². The molecule has 0 saturated carbocycles. The van der Waals surface area contributed by atoms with E-state index in [9.17, 15) is 9.18 Å². The van der Waals surface area contributed by atoms with Crippen LogP contribution in [0.5, 0.6) is 0 Å². The third-order valence-corrected chi connectivity index (χ3v) is 5.84. The van der Waals surface area contributed by atoms with Gasteiger partial charge in [-0.25, -0.2) is 18.7 Å². The molecule has 1 atom stereocenters. The monoisotopic (exact) mass is 418 g/mol. The van der Waals surface area contributed by atoms with Crippen molar-refractivity contribution in [2.24, 2.45) is 0 Å². The number of benzene rings is 1. The van der Waals surface area contributed by atoms with Gasteiger partial charge in [0.1, 0.15) is 33.0 Å². The molecule has 1 saturated heterocycles. The molecule has 0 bridgehead atoms. The lowest BCUT2D eigenvalue weighted by Gasteiger charge is -2.49. The largest absolute Gasteiger partial charge is 0.339 e. The molecule has 3 rings (SSSR count). The molecule has 1 aromatic carbocycles. The number of nitrogens with one attached hydrogen (secondary N) is 1. The molecule has 0 spiro atoms. The van der Waals surface area contributed by atoms with Gasteiger partial charge < -0.3 is 10.2 Å². The molecule has 1 unspecified atom stereocenters. The predicted octanol–water partition coefficient (Wildman–Crippen LogP) is 1.30. The Bertz CT molecular complexity index is 900. The average Bonchev–Trinajstić information content (AvgIpc) is 2.67. The Hall–Kier alpha value is -1.99. The van der Waals surface area contributed by atoms with Crippen molar-refractivity contribution in [2.45, 2.75) is 30.8 Å². The number of alkyl halides is 1. The van der Waals surface area contributed by atoms with E-state index in [4.69, 9.17) is 11.6 Å². The number of nitrogens with zero attached hydrogens (tertiary/aromatic N) is 3. The third kappa shape index (κ3) is 4.78. The summed E-state index contributed by atoms with van der Waals surface area (Å²) in [5.74, 6) is -0.241. The van der Waals surface area contributed by atoms with Crippen molar-refractivity contribution in [3.05, 3.63) is 58.4 Å². The minimum Gasteiger partial charge on any atom is -0.339 e. The van der Waals surface area contributed by atoms with Crippen LogP contribution in [-0.4, -0.2) is 61.8 Å². The van der Waals surface area contributed by atoms with Gasteiger partial charge in [-0.1, -0.05) is 11.6 Å². The first kappa shape index (κ1) is 21.7. The fourth-order valence-corrected chi connectivity index (χ4v) is 3.72. The fraction of sp³-hybridized carbons (Fsp3) is 0.421. The molecule has 0 radical (unpaired) electrons. The Kier molecular flexibility index (Phi) is 6.29. The highest BCUT2D eigenvalue weighted by atomic mass is 35.5. The van der Waals surface area contributed by atoms with Gasteiger partial charge in [-0.3, -0.25) is 4.79 Å². The Morgan fingerprint density at radius 1 is 1.34 bits per heavy atom. The van der Waals surface area contributed by atoms with Crippen molar-refractivity contribution in [3.8, 4) is 0 Å². The molecule has 1 fully saturated rings. The maximum absolute atomic E-state index is 15.8. The first-order valence-corrected chi connectivity index (χ1v) is 9.91. The SMILES string of the molecule is BC1(B)CN(C(=O)c2ccc(F)c(Cl)c2)CCC1(F)CNCc1ncc(C)cn1. The van der Waals surface area contributed by atoms with Crippen molar-refractivity contribution in [1.82, 2.24) is 20.2 Å². The van der Waals surface area contributed by atoms with Gasteiger partial charge in [-0.2, -0.15) is 0 Å². The van der Waals surface area contributed by atoms with Crippen molar-refractivity contribution < 1.29 is 13.6 Å². The predicted molar refractivity (Wildman–Crippen MR) is 114 cm³/mol. The zero-order chi connectivity index (χ0) is 21.2. The van der Waals surface area contributed by atoms with E-state index in [1.54, 1.807) is 17.3 Å². The van der Waals surface area contributed by atoms with Crippen LogP contribution in [0.3, 0.4) is 0 Å². The van der Waals surface area contributed by atoms with Crippen LogP contribution in [0.25, 0.3) is 0 Å². The molecule has 1 aliphatic rings. The van der Waals surface area contributed by atoms with Gasteiger partial charge in [0.05, 0.1) is 11.6 Å². The summed E-state index contributed by atoms with van der Waals surface area (Å²) in [5, 5.41) is 2.24. The molecule has 5 nitrogen and oxygen atoms in total. The van der Waals surface area contributed by atoms with Gasteiger partial charge >= 0.3 is 0 Å². The molecule has 1 amide bonds. The van der Waals surface area contributed by atoms with Crippen molar-refractivity contribution in [1.29, 1.82) is 0 Å². The summed E-state index contributed by atoms with van der Waals surface area (Å²) in [6.07, 6.45) is 3.65. The number of likely N-dealkylation sites (tertiary alicyclic amines) is 1. The number of hydrogen-bond donors (Lipinski definition) is 1. The zero-order valence-corrected chi connectivity index (χ0v) is 17.6. The second kappa shape index (κ2) is 8.40. The molecule has 0 aliphatic carbocycles. The van der Waals surface area contributed by atoms with E-state index < -0.39 is 16.7 Å². The summed E-state index contributed by atoms with van der Waals surface area (Å²) in [5.41, 5.74) is -0.223. The van der Waals surface area contributed by atoms with E-state index in [1.807, 2.05) is 22.6 Å². The first-order valence-electron chi connectivity index (χ1n) is 9.53. The van der Waals surface area contributed by atoms with Crippen LogP contribution in [0.1, 0.15) is 28.2 Å². The number of hydrogen-bond acceptors (Lipinski definition) is 4. The molecule has 1 N–H and O–H groups in total. The molecule has 152 valence electrons. The van der Waals surface area contributed by atoms with Crippen LogP contribution in [0.15, 0.2) is 30.6 Å². The summed E-state index contributed by atoms with van der Waals surface area (Å²) < 4.78 is 29.1. The van der Waals surface area contributed by atoms with Crippen LogP contribution < -0.4 is 5.32 Å². The van der Waals surface area contributed by atoms with Crippen molar-refractivity contribution >= 4 is 33.2 Å². The van der Waals surface area contributed by atoms with Crippen LogP contribution in [0.4, 0.5) is 8.78 Å². The standard InChI is InChI=1S/C19H23B2ClF2N4O/c1-12-7-26-16(27-8-12)9-25-10-18(24)4-5-28(11-19(18,20)21)17(29)13-2-3-15(23)14(22)6-13/h2-3,6-8,25H,4-5,9-11,20-21H2,1H3. The minimum atomic E-state index is -1.49. The lowest BCUT2D eigenvalue weighted by atomic mass is 9.45. The number of rotatable bonds is 5. The highest BCUT2D eigenvalue weighted by Gasteiger charge is 2.49. The lowest BCUT2D eigenvalue weighted by Crippen LogP contribution is -2.59. The van der Waals surface area contributed by atoms with E-state index in [2.05, 4.69) is 15.3 Å². The maximum atomic E-state index is 15.8. The van der Waals surface area contributed by atoms with Crippen molar-refractivity contribution in [3.63, 3.8) is 0 Å². The summed E-state index contributed by atoms with van der Waals surface area (Å²) in [6.45, 7) is 2.95. The van der Waals surface area contributed by atoms with E-state index in [0.717, 1.165) is 5.56 Å². The average molecular weight is 418 g/mol. The molecule has 10 heteroatoms. The first-order chi connectivity index (χ1) is 13.6. The highest BCUT2D eigenvalue weighted by Crippen LogP contribution is 2.43. The van der Waals surface area contributed by atoms with Crippen LogP contribution >= 0.6 is 11.6 Å². The number of carbonyl (C=O) groups is 1. The molecule has 2 aromatic rings. The van der Waals surface area contributed by atoms with E-state index in [-0.39, 0.29) is 37.0 Å². The van der Waals surface area contributed by atoms with Gasteiger partial charge in [-0.15, -0.1) is 0 Å². The number of amides is 1. The van der Waals surface area contributed by atoms with Gasteiger partial charge in [0.2, 0.25) is 0 Å². The Labute approximate surface area is 176 Å². The van der Waals surface area contributed by atoms with Gasteiger partial charge in [-0.05, 0) is 42.3 Å². The molecule has 1 aliphatic heterocycles. The Morgan fingerprint density at radius 3 is 2.66 bits per heavy atom. The quantitative estimate of drug-likeness (QED) is 0.744. The maximum Gasteiger partial charge on any atom is 0.253 e. The molecule has 29 heavy (non-hydrogen) atoms. The van der Waals surface area contributed by atoms with Gasteiger partial charge in [0.15, 0.2) is 0 Å². The van der Waals surface area contributed by atoms with E-state index >= 15 is 4.39 Å². The topological polar surface area (TPSA) is 58.1 Å². The van der Waals surface area contributed by atoms with Crippen LogP contribution in [0, 0.1) is 12.7 Å². The third-order valence-electron chi connectivity index (χ3n) is 5.55. The normalized spacial score (nSPS) is 21.2. The summed E-state index contributed by atoms with van der Waals surface area (Å²) in [6, 6.07) is 3.88. The van der Waals surface area contributed by atoms with Gasteiger partial charge in [0, 0.05) is 37.6 Å². The van der Waals surface area contributed by atoms with Crippen molar-refractivity contribution in [2.75, 3.05) is 19.6 Å². The summed E-state index contributed by atoms with van der Waals surface area (Å²) in [7, 11) is 3.63. The summed E-state index contributed by atoms with van der Waals surface area (Å²) >= 11 is 5.79. The number of aromatic nitrogens is 2. The second-order valence-electron chi connectivity index (χ2n) is 8.23. The minimum absolute atomic E-state index is 0.102. The molecular formula is C19H23B2ClF2N4O. The Morgan fingerprint density at radius 2 is 2.03 bits per heavy atom. The lowest BCUT2D eigenvalue weighted by molar-refractivity contribution is 0.0345. The van der Waals surface area contributed by atoms with Crippen LogP contribution in [0.2, 0.25) is 10.2 Å². The molecule has 2 heterocycles. The summed E-state index contributed by atoms with van der Waals surface area (Å²) in [4.78, 5) is 22.8. The molecular weight excluding hydrogens is 395 g/mol. The fourth-order valence-electron chi connectivity index (χ4n) is 3.54. The number of halogens is 3. The zero-order valence-electron chi connectivity index (χ0n) is 16.8. The highest BCUT2D eigenvalue weighted by molar-refractivity contribution is 6.41. The van der Waals surface area contributed by atoms with Crippen LogP contribution in [-0.2, 0) is 6.54 Å². The van der Waals surface area contributed by atoms with E-state index in [0.29, 0.717) is 17.9 Å². The Balaban J connectivity index is 1.63. The number of piperidine rings is 1. The smallest absolute Gasteiger partial charge is 0.253 e. The number of aryl methyl sites for hydroxylation is 1. The molecule has 1 aromatic heterocycles. The van der Waals surface area contributed by atoms with E-state index in [1.165, 1.54) is 18.2 Å². The number of carbonyl (C=O) groups excluding carboxylic acids is 1.